The van der Waals surface area contributed by atoms with Gasteiger partial charge in [0.15, 0.2) is 0 Å². The van der Waals surface area contributed by atoms with Crippen molar-refractivity contribution in [1.82, 2.24) is 10.0 Å². The topological polar surface area (TPSA) is 32.5 Å². The molecule has 1 saturated heterocycles. The van der Waals surface area contributed by atoms with Crippen LogP contribution < -0.4 is 5.73 Å². The van der Waals surface area contributed by atoms with Crippen LogP contribution in [0.25, 0.3) is 0 Å². The third-order valence-corrected chi connectivity index (χ3v) is 2.08. The molecule has 3 heteroatoms. The van der Waals surface area contributed by atoms with Gasteiger partial charge in [-0.2, -0.15) is 0 Å². The fourth-order valence-electron chi connectivity index (χ4n) is 1.29. The molecule has 1 fully saturated rings. The van der Waals surface area contributed by atoms with Crippen LogP contribution in [0.1, 0.15) is 12.8 Å². The van der Waals surface area contributed by atoms with Gasteiger partial charge in [0.2, 0.25) is 0 Å². The molecule has 0 aliphatic carbocycles. The number of hydrazine groups is 1. The molecule has 0 saturated carbocycles. The molecule has 1 aliphatic heterocycles. The molecular weight excluding hydrogens is 126 g/mol. The van der Waals surface area contributed by atoms with E-state index in [1.165, 1.54) is 0 Å². The van der Waals surface area contributed by atoms with Gasteiger partial charge < -0.3 is 5.73 Å². The highest BCUT2D eigenvalue weighted by molar-refractivity contribution is 4.71. The Morgan fingerprint density at radius 2 is 1.80 bits per heavy atom. The molecule has 0 aromatic heterocycles. The van der Waals surface area contributed by atoms with Crippen LogP contribution in [0.15, 0.2) is 0 Å². The highest BCUT2D eigenvalue weighted by Crippen LogP contribution is 2.07. The van der Waals surface area contributed by atoms with Crippen LogP contribution in [-0.2, 0) is 0 Å². The molecule has 0 bridgehead atoms. The van der Waals surface area contributed by atoms with E-state index in [9.17, 15) is 0 Å². The van der Waals surface area contributed by atoms with Gasteiger partial charge in [0.05, 0.1) is 0 Å². The Kier molecular flexibility index (Phi) is 2.65. The molecule has 0 atom stereocenters. The number of nitrogens with two attached hydrogens (primary N) is 1. The molecule has 2 N–H and O–H groups in total. The Morgan fingerprint density at radius 3 is 2.20 bits per heavy atom. The van der Waals surface area contributed by atoms with Crippen LogP contribution in [0.3, 0.4) is 0 Å². The van der Waals surface area contributed by atoms with E-state index in [0.717, 1.165) is 25.9 Å². The number of piperidine rings is 1. The third-order valence-electron chi connectivity index (χ3n) is 2.08. The van der Waals surface area contributed by atoms with Crippen molar-refractivity contribution < 1.29 is 0 Å². The molecule has 0 radical (unpaired) electrons. The van der Waals surface area contributed by atoms with Crippen LogP contribution in [0, 0.1) is 0 Å². The first-order chi connectivity index (χ1) is 4.70. The Hall–Kier alpha value is -0.120. The van der Waals surface area contributed by atoms with E-state index in [0.29, 0.717) is 6.04 Å². The predicted octanol–water partition coefficient (Wildman–Crippen LogP) is -0.114. The normalized spacial score (nSPS) is 24.0. The summed E-state index contributed by atoms with van der Waals surface area (Å²) in [7, 11) is 4.16. The average molecular weight is 143 g/mol. The summed E-state index contributed by atoms with van der Waals surface area (Å²) < 4.78 is 0. The lowest BCUT2D eigenvalue weighted by atomic mass is 10.1. The van der Waals surface area contributed by atoms with E-state index >= 15 is 0 Å². The van der Waals surface area contributed by atoms with Gasteiger partial charge in [0, 0.05) is 33.2 Å². The largest absolute Gasteiger partial charge is 0.328 e. The first-order valence-corrected chi connectivity index (χ1v) is 3.88. The number of hydrogen-bond acceptors (Lipinski definition) is 3. The first kappa shape index (κ1) is 7.98. The van der Waals surface area contributed by atoms with Crippen LogP contribution in [0.2, 0.25) is 0 Å². The Morgan fingerprint density at radius 1 is 1.30 bits per heavy atom. The minimum Gasteiger partial charge on any atom is -0.328 e. The van der Waals surface area contributed by atoms with Gasteiger partial charge in [0.1, 0.15) is 0 Å². The molecule has 3 nitrogen and oxygen atoms in total. The van der Waals surface area contributed by atoms with Crippen LogP contribution in [-0.4, -0.2) is 43.2 Å². The summed E-state index contributed by atoms with van der Waals surface area (Å²) in [5, 5.41) is 4.47. The van der Waals surface area contributed by atoms with E-state index in [1.807, 2.05) is 0 Å². The predicted molar refractivity (Wildman–Crippen MR) is 42.5 cm³/mol. The fraction of sp³-hybridized carbons (Fsp3) is 1.00. The van der Waals surface area contributed by atoms with Crippen molar-refractivity contribution in [3.05, 3.63) is 0 Å². The number of hydrogen-bond donors (Lipinski definition) is 1. The zero-order valence-electron chi connectivity index (χ0n) is 6.88. The Bertz CT molecular complexity index is 95.0. The maximum atomic E-state index is 5.75. The Balaban J connectivity index is 2.26. The van der Waals surface area contributed by atoms with Gasteiger partial charge in [-0.25, -0.2) is 10.0 Å². The summed E-state index contributed by atoms with van der Waals surface area (Å²) >= 11 is 0. The zero-order valence-corrected chi connectivity index (χ0v) is 6.88. The van der Waals surface area contributed by atoms with E-state index in [2.05, 4.69) is 24.1 Å². The molecule has 1 rings (SSSR count). The smallest absolute Gasteiger partial charge is 0.0147 e. The van der Waals surface area contributed by atoms with Crippen LogP contribution in [0.5, 0.6) is 0 Å². The first-order valence-electron chi connectivity index (χ1n) is 3.88. The van der Waals surface area contributed by atoms with E-state index in [1.54, 1.807) is 0 Å². The van der Waals surface area contributed by atoms with E-state index in [4.69, 9.17) is 5.73 Å². The summed E-state index contributed by atoms with van der Waals surface area (Å²) in [5.41, 5.74) is 5.75. The Labute approximate surface area is 62.8 Å². The van der Waals surface area contributed by atoms with Crippen molar-refractivity contribution >= 4 is 0 Å². The summed E-state index contributed by atoms with van der Waals surface area (Å²) in [5.74, 6) is 0. The molecule has 10 heavy (non-hydrogen) atoms. The van der Waals surface area contributed by atoms with Gasteiger partial charge in [0.25, 0.3) is 0 Å². The zero-order chi connectivity index (χ0) is 7.56. The average Bonchev–Trinajstić information content (AvgIpc) is 1.88. The van der Waals surface area contributed by atoms with Crippen LogP contribution >= 0.6 is 0 Å². The molecule has 0 spiro atoms. The van der Waals surface area contributed by atoms with Gasteiger partial charge in [-0.1, -0.05) is 0 Å². The second-order valence-corrected chi connectivity index (χ2v) is 3.14. The minimum atomic E-state index is 0.441. The SMILES string of the molecule is CN(C)N1CCC(N)CC1. The summed E-state index contributed by atoms with van der Waals surface area (Å²) in [4.78, 5) is 0. The molecular formula is C7H17N3. The lowest BCUT2D eigenvalue weighted by Gasteiger charge is -2.34. The van der Waals surface area contributed by atoms with Crippen molar-refractivity contribution in [2.75, 3.05) is 27.2 Å². The van der Waals surface area contributed by atoms with Gasteiger partial charge in [-0.15, -0.1) is 0 Å². The van der Waals surface area contributed by atoms with Crippen molar-refractivity contribution in [3.63, 3.8) is 0 Å². The molecule has 0 amide bonds. The quantitative estimate of drug-likeness (QED) is 0.556. The molecule has 1 heterocycles. The second kappa shape index (κ2) is 3.32. The summed E-state index contributed by atoms with van der Waals surface area (Å²) in [6, 6.07) is 0.441. The van der Waals surface area contributed by atoms with Crippen molar-refractivity contribution in [1.29, 1.82) is 0 Å². The fourth-order valence-corrected chi connectivity index (χ4v) is 1.29. The van der Waals surface area contributed by atoms with Gasteiger partial charge >= 0.3 is 0 Å². The minimum absolute atomic E-state index is 0.441. The highest BCUT2D eigenvalue weighted by Gasteiger charge is 2.16. The molecule has 0 aromatic carbocycles. The van der Waals surface area contributed by atoms with Crippen molar-refractivity contribution in [2.24, 2.45) is 5.73 Å². The molecule has 0 aromatic rings. The van der Waals surface area contributed by atoms with Crippen molar-refractivity contribution in [2.45, 2.75) is 18.9 Å². The monoisotopic (exact) mass is 143 g/mol. The molecule has 0 unspecified atom stereocenters. The van der Waals surface area contributed by atoms with E-state index in [-0.39, 0.29) is 0 Å². The standard InChI is InChI=1S/C7H17N3/c1-9(2)10-5-3-7(8)4-6-10/h7H,3-6,8H2,1-2H3. The lowest BCUT2D eigenvalue weighted by molar-refractivity contribution is 0.00307. The third kappa shape index (κ3) is 1.94. The molecule has 60 valence electrons. The van der Waals surface area contributed by atoms with Gasteiger partial charge in [-0.05, 0) is 12.8 Å². The summed E-state index contributed by atoms with van der Waals surface area (Å²) in [6.07, 6.45) is 2.27. The number of rotatable bonds is 1. The van der Waals surface area contributed by atoms with Crippen LogP contribution in [0.4, 0.5) is 0 Å². The van der Waals surface area contributed by atoms with Crippen molar-refractivity contribution in [3.8, 4) is 0 Å². The highest BCUT2D eigenvalue weighted by atomic mass is 15.6. The maximum absolute atomic E-state index is 5.75. The van der Waals surface area contributed by atoms with Gasteiger partial charge in [-0.3, -0.25) is 0 Å². The van der Waals surface area contributed by atoms with E-state index < -0.39 is 0 Å². The second-order valence-electron chi connectivity index (χ2n) is 3.14. The summed E-state index contributed by atoms with van der Waals surface area (Å²) in [6.45, 7) is 2.24. The molecule has 1 aliphatic rings. The lowest BCUT2D eigenvalue weighted by Crippen LogP contribution is -2.46. The maximum Gasteiger partial charge on any atom is 0.0147 e. The number of nitrogens with zero attached hydrogens (tertiary/aromatic N) is 2.